The van der Waals surface area contributed by atoms with E-state index in [4.69, 9.17) is 11.6 Å². The molecule has 0 aliphatic heterocycles. The van der Waals surface area contributed by atoms with Gasteiger partial charge in [0.15, 0.2) is 5.69 Å². The second-order valence-electron chi connectivity index (χ2n) is 6.34. The van der Waals surface area contributed by atoms with Crippen LogP contribution in [0.2, 0.25) is 5.02 Å². The third-order valence-electron chi connectivity index (χ3n) is 4.26. The lowest BCUT2D eigenvalue weighted by molar-refractivity contribution is -0.384. The van der Waals surface area contributed by atoms with Gasteiger partial charge in [0.25, 0.3) is 5.69 Å². The standard InChI is InChI=1S/C19H12BrClN6O3S/c1-10-17(24-23-15-7-6-13(27(29)30)8-14(15)21)18(28)26(25-10)19-22-16(9-31-19)11-2-4-12(20)5-3-11/h2-9,25H,1H3. The van der Waals surface area contributed by atoms with Crippen molar-refractivity contribution in [2.24, 2.45) is 10.2 Å². The number of benzene rings is 2. The number of nitro benzene ring substituents is 1. The first-order valence-electron chi connectivity index (χ1n) is 8.72. The molecule has 4 rings (SSSR count). The molecule has 0 fully saturated rings. The van der Waals surface area contributed by atoms with Crippen molar-refractivity contribution in [1.29, 1.82) is 0 Å². The molecule has 0 radical (unpaired) electrons. The van der Waals surface area contributed by atoms with Gasteiger partial charge in [-0.2, -0.15) is 4.68 Å². The fourth-order valence-corrected chi connectivity index (χ4v) is 3.97. The quantitative estimate of drug-likeness (QED) is 0.188. The lowest BCUT2D eigenvalue weighted by Crippen LogP contribution is -2.13. The number of rotatable bonds is 5. The molecule has 156 valence electrons. The molecule has 0 amide bonds. The summed E-state index contributed by atoms with van der Waals surface area (Å²) in [7, 11) is 0. The van der Waals surface area contributed by atoms with Gasteiger partial charge in [-0.25, -0.2) is 4.98 Å². The van der Waals surface area contributed by atoms with Gasteiger partial charge in [-0.15, -0.1) is 21.6 Å². The second-order valence-corrected chi connectivity index (χ2v) is 8.50. The maximum Gasteiger partial charge on any atom is 0.301 e. The van der Waals surface area contributed by atoms with Crippen molar-refractivity contribution in [3.63, 3.8) is 0 Å². The molecule has 2 aromatic carbocycles. The summed E-state index contributed by atoms with van der Waals surface area (Å²) in [5.74, 6) is 0. The number of H-pyrrole nitrogens is 1. The highest BCUT2D eigenvalue weighted by Crippen LogP contribution is 2.30. The van der Waals surface area contributed by atoms with Crippen molar-refractivity contribution >= 4 is 55.9 Å². The normalized spacial score (nSPS) is 11.3. The number of aryl methyl sites for hydroxylation is 1. The van der Waals surface area contributed by atoms with E-state index in [1.165, 1.54) is 34.2 Å². The van der Waals surface area contributed by atoms with Crippen LogP contribution in [0.1, 0.15) is 5.69 Å². The number of aromatic amines is 1. The third-order valence-corrected chi connectivity index (χ3v) is 5.92. The van der Waals surface area contributed by atoms with Crippen LogP contribution in [0.25, 0.3) is 16.4 Å². The minimum Gasteiger partial charge on any atom is -0.291 e. The van der Waals surface area contributed by atoms with Gasteiger partial charge in [-0.3, -0.25) is 20.0 Å². The lowest BCUT2D eigenvalue weighted by atomic mass is 10.2. The summed E-state index contributed by atoms with van der Waals surface area (Å²) < 4.78 is 2.26. The van der Waals surface area contributed by atoms with Crippen LogP contribution >= 0.6 is 38.9 Å². The molecular formula is C19H12BrClN6O3S. The molecular weight excluding hydrogens is 508 g/mol. The number of hydrogen-bond donors (Lipinski definition) is 1. The molecule has 0 unspecified atom stereocenters. The topological polar surface area (TPSA) is 119 Å². The van der Waals surface area contributed by atoms with Gasteiger partial charge in [0.05, 0.1) is 21.3 Å². The summed E-state index contributed by atoms with van der Waals surface area (Å²) in [6, 6.07) is 11.5. The molecule has 0 bridgehead atoms. The van der Waals surface area contributed by atoms with Crippen LogP contribution < -0.4 is 5.56 Å². The Morgan fingerprint density at radius 1 is 1.23 bits per heavy atom. The minimum atomic E-state index is -0.557. The van der Waals surface area contributed by atoms with Crippen LogP contribution in [-0.4, -0.2) is 19.7 Å². The highest BCUT2D eigenvalue weighted by molar-refractivity contribution is 9.10. The lowest BCUT2D eigenvalue weighted by Gasteiger charge is -1.97. The number of nitrogens with zero attached hydrogens (tertiary/aromatic N) is 5. The Labute approximate surface area is 192 Å². The van der Waals surface area contributed by atoms with Crippen LogP contribution in [0.5, 0.6) is 0 Å². The van der Waals surface area contributed by atoms with Crippen LogP contribution in [0.4, 0.5) is 17.1 Å². The summed E-state index contributed by atoms with van der Waals surface area (Å²) in [4.78, 5) is 27.6. The van der Waals surface area contributed by atoms with E-state index >= 15 is 0 Å². The van der Waals surface area contributed by atoms with Crippen molar-refractivity contribution in [3.8, 4) is 16.4 Å². The maximum atomic E-state index is 12.8. The predicted molar refractivity (Wildman–Crippen MR) is 122 cm³/mol. The van der Waals surface area contributed by atoms with Crippen molar-refractivity contribution in [1.82, 2.24) is 14.8 Å². The second kappa shape index (κ2) is 8.53. The predicted octanol–water partition coefficient (Wildman–Crippen LogP) is 6.34. The van der Waals surface area contributed by atoms with E-state index in [0.717, 1.165) is 15.7 Å². The SMILES string of the molecule is Cc1[nH]n(-c2nc(-c3ccc(Br)cc3)cs2)c(=O)c1N=Nc1ccc([N+](=O)[O-])cc1Cl. The summed E-state index contributed by atoms with van der Waals surface area (Å²) in [6.45, 7) is 1.69. The molecule has 12 heteroatoms. The third kappa shape index (κ3) is 4.33. The highest BCUT2D eigenvalue weighted by Gasteiger charge is 2.16. The Hall–Kier alpha value is -3.15. The maximum absolute atomic E-state index is 12.8. The molecule has 0 atom stereocenters. The number of thiazole rings is 1. The van der Waals surface area contributed by atoms with Crippen LogP contribution in [0.3, 0.4) is 0 Å². The zero-order valence-corrected chi connectivity index (χ0v) is 18.9. The van der Waals surface area contributed by atoms with Crippen molar-refractivity contribution in [2.45, 2.75) is 6.92 Å². The highest BCUT2D eigenvalue weighted by atomic mass is 79.9. The van der Waals surface area contributed by atoms with Crippen LogP contribution in [0, 0.1) is 17.0 Å². The monoisotopic (exact) mass is 518 g/mol. The molecule has 1 N–H and O–H groups in total. The molecule has 0 saturated heterocycles. The largest absolute Gasteiger partial charge is 0.301 e. The van der Waals surface area contributed by atoms with Gasteiger partial charge in [0.1, 0.15) is 5.69 Å². The van der Waals surface area contributed by atoms with E-state index < -0.39 is 10.5 Å². The van der Waals surface area contributed by atoms with Gasteiger partial charge in [-0.05, 0) is 25.1 Å². The smallest absolute Gasteiger partial charge is 0.291 e. The molecule has 2 heterocycles. The van der Waals surface area contributed by atoms with E-state index in [-0.39, 0.29) is 22.1 Å². The molecule has 31 heavy (non-hydrogen) atoms. The van der Waals surface area contributed by atoms with Crippen molar-refractivity contribution in [3.05, 3.63) is 83.5 Å². The molecule has 0 aliphatic rings. The Balaban J connectivity index is 1.64. The molecule has 0 saturated carbocycles. The number of nitro groups is 1. The Bertz CT molecular complexity index is 1380. The minimum absolute atomic E-state index is 0.0607. The van der Waals surface area contributed by atoms with Gasteiger partial charge in [0, 0.05) is 27.5 Å². The van der Waals surface area contributed by atoms with Crippen molar-refractivity contribution in [2.75, 3.05) is 0 Å². The molecule has 2 aromatic heterocycles. The molecule has 0 aliphatic carbocycles. The fourth-order valence-electron chi connectivity index (χ4n) is 2.70. The van der Waals surface area contributed by atoms with Gasteiger partial charge in [0.2, 0.25) is 5.13 Å². The number of aromatic nitrogens is 3. The first-order valence-corrected chi connectivity index (χ1v) is 10.8. The van der Waals surface area contributed by atoms with E-state index in [2.05, 4.69) is 36.2 Å². The van der Waals surface area contributed by atoms with E-state index in [9.17, 15) is 14.9 Å². The molecule has 4 aromatic rings. The number of halogens is 2. The first-order chi connectivity index (χ1) is 14.8. The van der Waals surface area contributed by atoms with Crippen molar-refractivity contribution < 1.29 is 4.92 Å². The Morgan fingerprint density at radius 2 is 1.97 bits per heavy atom. The van der Waals surface area contributed by atoms with E-state index in [0.29, 0.717) is 10.8 Å². The Morgan fingerprint density at radius 3 is 2.65 bits per heavy atom. The summed E-state index contributed by atoms with van der Waals surface area (Å²) >= 11 is 10.7. The average molecular weight is 520 g/mol. The van der Waals surface area contributed by atoms with Crippen LogP contribution in [-0.2, 0) is 0 Å². The number of hydrogen-bond acceptors (Lipinski definition) is 7. The summed E-state index contributed by atoms with van der Waals surface area (Å²) in [5.41, 5.74) is 1.89. The number of non-ortho nitro benzene ring substituents is 1. The molecule has 0 spiro atoms. The van der Waals surface area contributed by atoms with Gasteiger partial charge < -0.3 is 0 Å². The fraction of sp³-hybridized carbons (Fsp3) is 0.0526. The number of nitrogens with one attached hydrogen (secondary N) is 1. The van der Waals surface area contributed by atoms with E-state index in [1.54, 1.807) is 6.92 Å². The molecule has 9 nitrogen and oxygen atoms in total. The van der Waals surface area contributed by atoms with Crippen LogP contribution in [0.15, 0.2) is 67.3 Å². The first kappa shape index (κ1) is 21.1. The Kier molecular flexibility index (Phi) is 5.81. The van der Waals surface area contributed by atoms with Gasteiger partial charge in [-0.1, -0.05) is 39.7 Å². The van der Waals surface area contributed by atoms with Gasteiger partial charge >= 0.3 is 5.56 Å². The average Bonchev–Trinajstić information content (AvgIpc) is 3.33. The number of azo groups is 1. The zero-order valence-electron chi connectivity index (χ0n) is 15.7. The summed E-state index contributed by atoms with van der Waals surface area (Å²) in [5, 5.41) is 24.1. The summed E-state index contributed by atoms with van der Waals surface area (Å²) in [6.07, 6.45) is 0. The zero-order chi connectivity index (χ0) is 22.1. The van der Waals surface area contributed by atoms with E-state index in [1.807, 2.05) is 29.6 Å².